The molecule has 2 aliphatic heterocycles. The lowest BCUT2D eigenvalue weighted by Crippen LogP contribution is -2.42. The first-order valence-electron chi connectivity index (χ1n) is 6.14. The molecule has 0 aromatic heterocycles. The molecule has 0 spiro atoms. The maximum atomic E-state index is 11.6. The normalized spacial score (nSPS) is 23.0. The zero-order chi connectivity index (χ0) is 12.1. The number of likely N-dealkylation sites (tertiary alicyclic amines) is 1. The van der Waals surface area contributed by atoms with Gasteiger partial charge in [-0.25, -0.2) is 0 Å². The van der Waals surface area contributed by atoms with Crippen LogP contribution in [0.5, 0.6) is 0 Å². The number of carbonyl (C=O) groups excluding carboxylic acids is 2. The predicted octanol–water partition coefficient (Wildman–Crippen LogP) is 0.199. The molecular formula is C11H20ClN3O2S. The fraction of sp³-hybridized carbons (Fsp3) is 0.818. The Morgan fingerprint density at radius 3 is 3.00 bits per heavy atom. The molecule has 0 aromatic rings. The van der Waals surface area contributed by atoms with Crippen LogP contribution in [0.15, 0.2) is 0 Å². The molecule has 0 aromatic carbocycles. The Morgan fingerprint density at radius 1 is 1.56 bits per heavy atom. The zero-order valence-corrected chi connectivity index (χ0v) is 11.9. The average molecular weight is 294 g/mol. The first kappa shape index (κ1) is 15.6. The molecule has 2 aliphatic rings. The van der Waals surface area contributed by atoms with Crippen molar-refractivity contribution in [3.63, 3.8) is 0 Å². The second-order valence-corrected chi connectivity index (χ2v) is 5.43. The van der Waals surface area contributed by atoms with Gasteiger partial charge in [-0.3, -0.25) is 14.9 Å². The van der Waals surface area contributed by atoms with Crippen molar-refractivity contribution in [2.45, 2.75) is 25.3 Å². The highest BCUT2D eigenvalue weighted by Crippen LogP contribution is 2.10. The first-order chi connectivity index (χ1) is 8.27. The van der Waals surface area contributed by atoms with Gasteiger partial charge in [0.25, 0.3) is 0 Å². The Bertz CT molecular complexity index is 298. The molecule has 0 bridgehead atoms. The largest absolute Gasteiger partial charge is 0.355 e. The van der Waals surface area contributed by atoms with Gasteiger partial charge in [-0.05, 0) is 12.8 Å². The SMILES string of the molecule is Cl.O=C(NCCCN1CCCC1=O)C1CSCN1. The Morgan fingerprint density at radius 2 is 2.39 bits per heavy atom. The third-order valence-electron chi connectivity index (χ3n) is 3.11. The van der Waals surface area contributed by atoms with E-state index >= 15 is 0 Å². The van der Waals surface area contributed by atoms with Crippen LogP contribution in [-0.2, 0) is 9.59 Å². The van der Waals surface area contributed by atoms with Gasteiger partial charge in [0.15, 0.2) is 0 Å². The quantitative estimate of drug-likeness (QED) is 0.711. The number of nitrogens with one attached hydrogen (secondary N) is 2. The number of carbonyl (C=O) groups is 2. The number of thioether (sulfide) groups is 1. The fourth-order valence-corrected chi connectivity index (χ4v) is 3.05. The molecular weight excluding hydrogens is 274 g/mol. The summed E-state index contributed by atoms with van der Waals surface area (Å²) in [4.78, 5) is 24.9. The molecule has 0 aliphatic carbocycles. The van der Waals surface area contributed by atoms with E-state index in [1.807, 2.05) is 4.90 Å². The lowest BCUT2D eigenvalue weighted by Gasteiger charge is -2.16. The third kappa shape index (κ3) is 4.33. The number of rotatable bonds is 5. The van der Waals surface area contributed by atoms with Crippen molar-refractivity contribution in [2.75, 3.05) is 31.3 Å². The lowest BCUT2D eigenvalue weighted by atomic mass is 10.3. The van der Waals surface area contributed by atoms with E-state index in [2.05, 4.69) is 10.6 Å². The minimum absolute atomic E-state index is 0. The maximum absolute atomic E-state index is 11.6. The van der Waals surface area contributed by atoms with Crippen LogP contribution >= 0.6 is 24.2 Å². The van der Waals surface area contributed by atoms with Gasteiger partial charge >= 0.3 is 0 Å². The molecule has 104 valence electrons. The topological polar surface area (TPSA) is 61.4 Å². The smallest absolute Gasteiger partial charge is 0.238 e. The van der Waals surface area contributed by atoms with Crippen molar-refractivity contribution in [1.29, 1.82) is 0 Å². The van der Waals surface area contributed by atoms with Gasteiger partial charge in [0, 0.05) is 37.7 Å². The molecule has 2 rings (SSSR count). The first-order valence-corrected chi connectivity index (χ1v) is 7.29. The van der Waals surface area contributed by atoms with E-state index < -0.39 is 0 Å². The van der Waals surface area contributed by atoms with E-state index in [-0.39, 0.29) is 30.3 Å². The minimum atomic E-state index is -0.0339. The fourth-order valence-electron chi connectivity index (χ4n) is 2.11. The summed E-state index contributed by atoms with van der Waals surface area (Å²) in [6, 6.07) is -0.0339. The summed E-state index contributed by atoms with van der Waals surface area (Å²) in [7, 11) is 0. The van der Waals surface area contributed by atoms with Gasteiger partial charge in [0.2, 0.25) is 11.8 Å². The van der Waals surface area contributed by atoms with E-state index in [0.717, 1.165) is 37.6 Å². The molecule has 1 atom stereocenters. The Balaban J connectivity index is 0.00000162. The summed E-state index contributed by atoms with van der Waals surface area (Å²) in [5.41, 5.74) is 0. The Hall–Kier alpha value is -0.460. The second kappa shape index (κ2) is 7.86. The van der Waals surface area contributed by atoms with Crippen molar-refractivity contribution in [2.24, 2.45) is 0 Å². The second-order valence-electron chi connectivity index (χ2n) is 4.40. The van der Waals surface area contributed by atoms with Crippen molar-refractivity contribution < 1.29 is 9.59 Å². The summed E-state index contributed by atoms with van der Waals surface area (Å²) >= 11 is 1.75. The number of hydrogen-bond donors (Lipinski definition) is 2. The molecule has 1 unspecified atom stereocenters. The van der Waals surface area contributed by atoms with Gasteiger partial charge in [-0.15, -0.1) is 24.2 Å². The highest BCUT2D eigenvalue weighted by atomic mass is 35.5. The van der Waals surface area contributed by atoms with E-state index in [1.165, 1.54) is 0 Å². The molecule has 2 amide bonds. The van der Waals surface area contributed by atoms with Gasteiger partial charge < -0.3 is 10.2 Å². The van der Waals surface area contributed by atoms with Crippen molar-refractivity contribution in [3.05, 3.63) is 0 Å². The maximum Gasteiger partial charge on any atom is 0.238 e. The van der Waals surface area contributed by atoms with E-state index in [4.69, 9.17) is 0 Å². The highest BCUT2D eigenvalue weighted by Gasteiger charge is 2.22. The standard InChI is InChI=1S/C11H19N3O2S.ClH/c15-10-3-1-5-14(10)6-2-4-12-11(16)9-7-17-8-13-9;/h9,13H,1-8H2,(H,12,16);1H. The zero-order valence-electron chi connectivity index (χ0n) is 10.3. The predicted molar refractivity (Wildman–Crippen MR) is 74.9 cm³/mol. The molecule has 2 saturated heterocycles. The molecule has 2 heterocycles. The van der Waals surface area contributed by atoms with Gasteiger partial charge in [-0.1, -0.05) is 0 Å². The number of nitrogens with zero attached hydrogens (tertiary/aromatic N) is 1. The van der Waals surface area contributed by atoms with Crippen molar-refractivity contribution in [1.82, 2.24) is 15.5 Å². The lowest BCUT2D eigenvalue weighted by molar-refractivity contribution is -0.127. The van der Waals surface area contributed by atoms with Gasteiger partial charge in [-0.2, -0.15) is 0 Å². The number of amides is 2. The van der Waals surface area contributed by atoms with Crippen LogP contribution < -0.4 is 10.6 Å². The summed E-state index contributed by atoms with van der Waals surface area (Å²) in [6.45, 7) is 2.31. The van der Waals surface area contributed by atoms with E-state index in [9.17, 15) is 9.59 Å². The van der Waals surface area contributed by atoms with Gasteiger partial charge in [0.1, 0.15) is 0 Å². The number of halogens is 1. The Kier molecular flexibility index (Phi) is 6.81. The molecule has 2 fully saturated rings. The Labute approximate surface area is 118 Å². The molecule has 0 saturated carbocycles. The molecule has 5 nitrogen and oxygen atoms in total. The monoisotopic (exact) mass is 293 g/mol. The summed E-state index contributed by atoms with van der Waals surface area (Å²) in [5.74, 6) is 2.06. The molecule has 18 heavy (non-hydrogen) atoms. The van der Waals surface area contributed by atoms with E-state index in [1.54, 1.807) is 11.8 Å². The number of hydrogen-bond acceptors (Lipinski definition) is 4. The summed E-state index contributed by atoms with van der Waals surface area (Å²) in [5, 5.41) is 6.04. The van der Waals surface area contributed by atoms with Crippen LogP contribution in [0.3, 0.4) is 0 Å². The third-order valence-corrected chi connectivity index (χ3v) is 4.05. The van der Waals surface area contributed by atoms with Crippen LogP contribution in [0.2, 0.25) is 0 Å². The van der Waals surface area contributed by atoms with Crippen LogP contribution in [0.1, 0.15) is 19.3 Å². The molecule has 7 heteroatoms. The molecule has 0 radical (unpaired) electrons. The van der Waals surface area contributed by atoms with Crippen LogP contribution in [0.4, 0.5) is 0 Å². The van der Waals surface area contributed by atoms with Gasteiger partial charge in [0.05, 0.1) is 6.04 Å². The van der Waals surface area contributed by atoms with Crippen molar-refractivity contribution >= 4 is 36.0 Å². The van der Waals surface area contributed by atoms with Crippen LogP contribution in [0.25, 0.3) is 0 Å². The van der Waals surface area contributed by atoms with E-state index in [0.29, 0.717) is 13.0 Å². The van der Waals surface area contributed by atoms with Crippen LogP contribution in [-0.4, -0.2) is 54.0 Å². The van der Waals surface area contributed by atoms with Crippen LogP contribution in [0, 0.1) is 0 Å². The summed E-state index contributed by atoms with van der Waals surface area (Å²) < 4.78 is 0. The summed E-state index contributed by atoms with van der Waals surface area (Å²) in [6.07, 6.45) is 2.52. The highest BCUT2D eigenvalue weighted by molar-refractivity contribution is 7.99. The van der Waals surface area contributed by atoms with Crippen molar-refractivity contribution in [3.8, 4) is 0 Å². The molecule has 2 N–H and O–H groups in total. The average Bonchev–Trinajstić information content (AvgIpc) is 2.96. The minimum Gasteiger partial charge on any atom is -0.355 e.